The second-order valence-electron chi connectivity index (χ2n) is 4.61. The molecule has 2 rings (SSSR count). The molecule has 0 heterocycles. The van der Waals surface area contributed by atoms with E-state index in [0.717, 1.165) is 16.7 Å². The molecule has 19 heavy (non-hydrogen) atoms. The highest BCUT2D eigenvalue weighted by Gasteiger charge is 2.10. The Balaban J connectivity index is 2.06. The number of phenols is 1. The Morgan fingerprint density at radius 1 is 1.05 bits per heavy atom. The lowest BCUT2D eigenvalue weighted by Crippen LogP contribution is -2.24. The van der Waals surface area contributed by atoms with Gasteiger partial charge < -0.3 is 15.5 Å². The smallest absolute Gasteiger partial charge is 0.122 e. The molecule has 0 fully saturated rings. The van der Waals surface area contributed by atoms with Gasteiger partial charge in [0.2, 0.25) is 0 Å². The summed E-state index contributed by atoms with van der Waals surface area (Å²) < 4.78 is 0. The molecule has 0 aliphatic carbocycles. The molecule has 3 nitrogen and oxygen atoms in total. The fraction of sp³-hybridized carbons (Fsp3) is 0.250. The Morgan fingerprint density at radius 2 is 1.79 bits per heavy atom. The first-order valence-corrected chi connectivity index (χ1v) is 6.39. The number of aliphatic hydroxyl groups is 1. The summed E-state index contributed by atoms with van der Waals surface area (Å²) in [7, 11) is 0. The average Bonchev–Trinajstić information content (AvgIpc) is 2.45. The molecule has 0 saturated carbocycles. The first kappa shape index (κ1) is 13.6. The number of rotatable bonds is 5. The predicted molar refractivity (Wildman–Crippen MR) is 76.0 cm³/mol. The van der Waals surface area contributed by atoms with E-state index in [1.165, 1.54) is 0 Å². The van der Waals surface area contributed by atoms with Crippen molar-refractivity contribution >= 4 is 0 Å². The second-order valence-corrected chi connectivity index (χ2v) is 4.61. The van der Waals surface area contributed by atoms with Crippen LogP contribution in [0.3, 0.4) is 0 Å². The summed E-state index contributed by atoms with van der Waals surface area (Å²) in [6.45, 7) is 2.42. The van der Waals surface area contributed by atoms with Crippen LogP contribution in [0.25, 0.3) is 0 Å². The molecule has 0 aliphatic rings. The highest BCUT2D eigenvalue weighted by Crippen LogP contribution is 2.22. The van der Waals surface area contributed by atoms with Gasteiger partial charge >= 0.3 is 0 Å². The maximum absolute atomic E-state index is 9.95. The molecular formula is C16H19NO2. The average molecular weight is 257 g/mol. The highest BCUT2D eigenvalue weighted by molar-refractivity contribution is 5.39. The summed E-state index contributed by atoms with van der Waals surface area (Å²) in [5.74, 6) is 0.319. The monoisotopic (exact) mass is 257 g/mol. The van der Waals surface area contributed by atoms with Crippen LogP contribution >= 0.6 is 0 Å². The van der Waals surface area contributed by atoms with Crippen LogP contribution in [0.15, 0.2) is 48.5 Å². The molecule has 3 N–H and O–H groups in total. The van der Waals surface area contributed by atoms with Crippen LogP contribution in [0.4, 0.5) is 0 Å². The number of hydrogen-bond donors (Lipinski definition) is 3. The summed E-state index contributed by atoms with van der Waals surface area (Å²) in [5, 5.41) is 22.7. The quantitative estimate of drug-likeness (QED) is 0.771. The van der Waals surface area contributed by atoms with Crippen molar-refractivity contribution in [1.82, 2.24) is 5.32 Å². The number of hydrogen-bond acceptors (Lipinski definition) is 3. The molecule has 0 saturated heterocycles. The van der Waals surface area contributed by atoms with Crippen LogP contribution in [-0.4, -0.2) is 16.8 Å². The number of nitrogens with one attached hydrogen (secondary N) is 1. The summed E-state index contributed by atoms with van der Waals surface area (Å²) in [6.07, 6.45) is 0. The van der Waals surface area contributed by atoms with Gasteiger partial charge in [-0.15, -0.1) is 0 Å². The van der Waals surface area contributed by atoms with E-state index in [-0.39, 0.29) is 12.6 Å². The second kappa shape index (κ2) is 6.36. The minimum absolute atomic E-state index is 0.0244. The maximum Gasteiger partial charge on any atom is 0.122 e. The summed E-state index contributed by atoms with van der Waals surface area (Å²) in [5.41, 5.74) is 2.74. The van der Waals surface area contributed by atoms with Crippen molar-refractivity contribution in [3.63, 3.8) is 0 Å². The standard InChI is InChI=1S/C16H19NO2/c1-12-6-5-9-14(16(12)19)10-17-15(11-18)13-7-3-2-4-8-13/h2-9,15,17-19H,10-11H2,1H3/t15-/m1/s1. The Morgan fingerprint density at radius 3 is 2.47 bits per heavy atom. The van der Waals surface area contributed by atoms with Gasteiger partial charge in [-0.3, -0.25) is 0 Å². The molecule has 0 aromatic heterocycles. The van der Waals surface area contributed by atoms with Gasteiger partial charge in [-0.2, -0.15) is 0 Å². The first-order valence-electron chi connectivity index (χ1n) is 6.39. The number of aliphatic hydroxyl groups excluding tert-OH is 1. The topological polar surface area (TPSA) is 52.5 Å². The van der Waals surface area contributed by atoms with E-state index in [2.05, 4.69) is 5.32 Å². The molecule has 2 aromatic carbocycles. The van der Waals surface area contributed by atoms with E-state index in [1.807, 2.05) is 55.5 Å². The molecule has 1 atom stereocenters. The van der Waals surface area contributed by atoms with Crippen molar-refractivity contribution in [1.29, 1.82) is 0 Å². The number of benzene rings is 2. The Bertz CT molecular complexity index is 526. The lowest BCUT2D eigenvalue weighted by molar-refractivity contribution is 0.243. The predicted octanol–water partition coefficient (Wildman–Crippen LogP) is 2.52. The maximum atomic E-state index is 9.95. The van der Waals surface area contributed by atoms with Crippen molar-refractivity contribution in [3.8, 4) is 5.75 Å². The number of aromatic hydroxyl groups is 1. The van der Waals surface area contributed by atoms with Crippen molar-refractivity contribution < 1.29 is 10.2 Å². The summed E-state index contributed by atoms with van der Waals surface area (Å²) in [6, 6.07) is 15.4. The zero-order valence-electron chi connectivity index (χ0n) is 11.0. The van der Waals surface area contributed by atoms with Crippen molar-refractivity contribution in [3.05, 3.63) is 65.2 Å². The SMILES string of the molecule is Cc1cccc(CN[C@H](CO)c2ccccc2)c1O. The largest absolute Gasteiger partial charge is 0.507 e. The van der Waals surface area contributed by atoms with Gasteiger partial charge in [0.25, 0.3) is 0 Å². The van der Waals surface area contributed by atoms with Crippen LogP contribution in [-0.2, 0) is 6.54 Å². The van der Waals surface area contributed by atoms with E-state index >= 15 is 0 Å². The van der Waals surface area contributed by atoms with Gasteiger partial charge in [0, 0.05) is 12.1 Å². The first-order chi connectivity index (χ1) is 9.22. The van der Waals surface area contributed by atoms with Crippen LogP contribution in [0, 0.1) is 6.92 Å². The fourth-order valence-electron chi connectivity index (χ4n) is 2.07. The van der Waals surface area contributed by atoms with E-state index in [9.17, 15) is 10.2 Å². The third kappa shape index (κ3) is 3.34. The van der Waals surface area contributed by atoms with Gasteiger partial charge in [-0.1, -0.05) is 48.5 Å². The van der Waals surface area contributed by atoms with E-state index in [1.54, 1.807) is 0 Å². The molecule has 0 radical (unpaired) electrons. The minimum atomic E-state index is -0.124. The molecule has 0 unspecified atom stereocenters. The Hall–Kier alpha value is -1.84. The van der Waals surface area contributed by atoms with Gasteiger partial charge in [0.15, 0.2) is 0 Å². The minimum Gasteiger partial charge on any atom is -0.507 e. The zero-order chi connectivity index (χ0) is 13.7. The molecule has 0 amide bonds. The molecule has 0 bridgehead atoms. The summed E-state index contributed by atoms with van der Waals surface area (Å²) >= 11 is 0. The number of phenolic OH excluding ortho intramolecular Hbond substituents is 1. The van der Waals surface area contributed by atoms with Crippen molar-refractivity contribution in [2.75, 3.05) is 6.61 Å². The number of aryl methyl sites for hydroxylation is 1. The molecule has 2 aromatic rings. The van der Waals surface area contributed by atoms with Crippen molar-refractivity contribution in [2.45, 2.75) is 19.5 Å². The van der Waals surface area contributed by atoms with E-state index in [4.69, 9.17) is 0 Å². The third-order valence-corrected chi connectivity index (χ3v) is 3.24. The molecule has 100 valence electrons. The molecule has 0 aliphatic heterocycles. The van der Waals surface area contributed by atoms with Crippen LogP contribution in [0.1, 0.15) is 22.7 Å². The Labute approximate surface area is 113 Å². The van der Waals surface area contributed by atoms with E-state index in [0.29, 0.717) is 12.3 Å². The zero-order valence-corrected chi connectivity index (χ0v) is 11.0. The van der Waals surface area contributed by atoms with Crippen molar-refractivity contribution in [2.24, 2.45) is 0 Å². The molecular weight excluding hydrogens is 238 g/mol. The molecule has 0 spiro atoms. The Kier molecular flexibility index (Phi) is 4.55. The molecule has 3 heteroatoms. The van der Waals surface area contributed by atoms with Gasteiger partial charge in [0.1, 0.15) is 5.75 Å². The third-order valence-electron chi connectivity index (χ3n) is 3.24. The van der Waals surface area contributed by atoms with E-state index < -0.39 is 0 Å². The fourth-order valence-corrected chi connectivity index (χ4v) is 2.07. The van der Waals surface area contributed by atoms with Crippen LogP contribution in [0.5, 0.6) is 5.75 Å². The van der Waals surface area contributed by atoms with Gasteiger partial charge in [-0.05, 0) is 18.1 Å². The van der Waals surface area contributed by atoms with Crippen LogP contribution in [0.2, 0.25) is 0 Å². The highest BCUT2D eigenvalue weighted by atomic mass is 16.3. The lowest BCUT2D eigenvalue weighted by atomic mass is 10.1. The van der Waals surface area contributed by atoms with Gasteiger partial charge in [-0.25, -0.2) is 0 Å². The van der Waals surface area contributed by atoms with Gasteiger partial charge in [0.05, 0.1) is 12.6 Å². The van der Waals surface area contributed by atoms with Crippen LogP contribution < -0.4 is 5.32 Å². The number of para-hydroxylation sites is 1. The normalized spacial score (nSPS) is 12.3. The lowest BCUT2D eigenvalue weighted by Gasteiger charge is -2.17. The summed E-state index contributed by atoms with van der Waals surface area (Å²) in [4.78, 5) is 0.